The molecule has 0 unspecified atom stereocenters. The Hall–Kier alpha value is -4.26. The lowest BCUT2D eigenvalue weighted by molar-refractivity contribution is -0.136. The molecule has 7 heteroatoms. The minimum absolute atomic E-state index is 0.0782. The summed E-state index contributed by atoms with van der Waals surface area (Å²) < 4.78 is 15.8. The first-order chi connectivity index (χ1) is 14.7. The summed E-state index contributed by atoms with van der Waals surface area (Å²) in [5.74, 6) is 0.583. The smallest absolute Gasteiger partial charge is 0.349 e. The van der Waals surface area contributed by atoms with E-state index in [4.69, 9.17) is 13.9 Å². The average Bonchev–Trinajstić information content (AvgIpc) is 3.34. The Labute approximate surface area is 171 Å². The second-order valence-corrected chi connectivity index (χ2v) is 6.25. The number of nitrogens with zero attached hydrogens (tertiary/aromatic N) is 2. The van der Waals surface area contributed by atoms with Crippen molar-refractivity contribution in [1.29, 1.82) is 0 Å². The maximum absolute atomic E-state index is 12.4. The van der Waals surface area contributed by atoms with Gasteiger partial charge in [0.25, 0.3) is 0 Å². The van der Waals surface area contributed by atoms with Gasteiger partial charge in [0, 0.05) is 16.7 Å². The summed E-state index contributed by atoms with van der Waals surface area (Å²) in [5, 5.41) is 7.42. The van der Waals surface area contributed by atoms with Crippen LogP contribution >= 0.6 is 0 Å². The standard InChI is InChI=1S/C23H16N2O5/c26-21(30-20-12-8-18(9-13-20)23-25-24-15-29-23)14-28-19-10-6-17(7-11-19)22(27)16-4-2-1-3-5-16/h1-13,15H,14H2. The topological polar surface area (TPSA) is 91.5 Å². The van der Waals surface area contributed by atoms with E-state index in [2.05, 4.69) is 10.2 Å². The largest absolute Gasteiger partial charge is 0.482 e. The molecule has 1 aromatic heterocycles. The molecule has 3 aromatic carbocycles. The van der Waals surface area contributed by atoms with Crippen LogP contribution in [0.4, 0.5) is 0 Å². The van der Waals surface area contributed by atoms with Gasteiger partial charge in [0.15, 0.2) is 12.4 Å². The summed E-state index contributed by atoms with van der Waals surface area (Å²) in [6, 6.07) is 22.3. The predicted molar refractivity (Wildman–Crippen MR) is 107 cm³/mol. The third kappa shape index (κ3) is 4.59. The lowest BCUT2D eigenvalue weighted by Crippen LogP contribution is -2.17. The molecular formula is C23H16N2O5. The van der Waals surface area contributed by atoms with Crippen LogP contribution in [0.1, 0.15) is 15.9 Å². The highest BCUT2D eigenvalue weighted by Gasteiger charge is 2.10. The van der Waals surface area contributed by atoms with E-state index in [1.54, 1.807) is 60.7 Å². The van der Waals surface area contributed by atoms with E-state index in [1.165, 1.54) is 6.39 Å². The minimum Gasteiger partial charge on any atom is -0.482 e. The molecule has 4 aromatic rings. The van der Waals surface area contributed by atoms with Crippen LogP contribution in [0.2, 0.25) is 0 Å². The fourth-order valence-corrected chi connectivity index (χ4v) is 2.73. The minimum atomic E-state index is -0.551. The fourth-order valence-electron chi connectivity index (χ4n) is 2.73. The van der Waals surface area contributed by atoms with Crippen molar-refractivity contribution in [3.8, 4) is 23.0 Å². The Bertz CT molecular complexity index is 1120. The first kappa shape index (κ1) is 19.1. The van der Waals surface area contributed by atoms with Gasteiger partial charge in [-0.1, -0.05) is 30.3 Å². The van der Waals surface area contributed by atoms with Gasteiger partial charge in [-0.3, -0.25) is 4.79 Å². The number of rotatable bonds is 7. The summed E-state index contributed by atoms with van der Waals surface area (Å²) in [5.41, 5.74) is 1.87. The third-order valence-corrected chi connectivity index (χ3v) is 4.20. The Kier molecular flexibility index (Phi) is 5.61. The van der Waals surface area contributed by atoms with Gasteiger partial charge in [0.1, 0.15) is 11.5 Å². The van der Waals surface area contributed by atoms with Crippen LogP contribution in [0.25, 0.3) is 11.5 Å². The predicted octanol–water partition coefficient (Wildman–Crippen LogP) is 3.95. The molecule has 0 atom stereocenters. The van der Waals surface area contributed by atoms with Gasteiger partial charge in [-0.2, -0.15) is 0 Å². The van der Waals surface area contributed by atoms with Gasteiger partial charge in [0.2, 0.25) is 12.3 Å². The van der Waals surface area contributed by atoms with Crippen molar-refractivity contribution in [2.75, 3.05) is 6.61 Å². The van der Waals surface area contributed by atoms with Crippen LogP contribution in [0.5, 0.6) is 11.5 Å². The summed E-state index contributed by atoms with van der Waals surface area (Å²) in [4.78, 5) is 24.4. The highest BCUT2D eigenvalue weighted by molar-refractivity contribution is 6.08. The van der Waals surface area contributed by atoms with E-state index in [9.17, 15) is 9.59 Å². The van der Waals surface area contributed by atoms with E-state index in [-0.39, 0.29) is 12.4 Å². The van der Waals surface area contributed by atoms with Gasteiger partial charge < -0.3 is 13.9 Å². The summed E-state index contributed by atoms with van der Waals surface area (Å²) in [7, 11) is 0. The molecule has 4 rings (SSSR count). The lowest BCUT2D eigenvalue weighted by atomic mass is 10.0. The summed E-state index contributed by atoms with van der Waals surface area (Å²) in [6.07, 6.45) is 1.24. The molecule has 0 N–H and O–H groups in total. The molecule has 0 aliphatic rings. The molecule has 1 heterocycles. The maximum atomic E-state index is 12.4. The monoisotopic (exact) mass is 400 g/mol. The number of ether oxygens (including phenoxy) is 2. The van der Waals surface area contributed by atoms with Gasteiger partial charge in [-0.15, -0.1) is 10.2 Å². The zero-order valence-corrected chi connectivity index (χ0v) is 15.7. The molecule has 0 aliphatic heterocycles. The lowest BCUT2D eigenvalue weighted by Gasteiger charge is -2.08. The highest BCUT2D eigenvalue weighted by Crippen LogP contribution is 2.20. The van der Waals surface area contributed by atoms with E-state index >= 15 is 0 Å². The van der Waals surface area contributed by atoms with Crippen molar-refractivity contribution in [2.45, 2.75) is 0 Å². The summed E-state index contributed by atoms with van der Waals surface area (Å²) >= 11 is 0. The number of ketones is 1. The van der Waals surface area contributed by atoms with Gasteiger partial charge >= 0.3 is 5.97 Å². The first-order valence-corrected chi connectivity index (χ1v) is 9.09. The number of hydrogen-bond acceptors (Lipinski definition) is 7. The van der Waals surface area contributed by atoms with Crippen molar-refractivity contribution in [1.82, 2.24) is 10.2 Å². The number of carbonyl (C=O) groups is 2. The molecule has 0 fully saturated rings. The molecular weight excluding hydrogens is 384 g/mol. The van der Waals surface area contributed by atoms with Crippen molar-refractivity contribution in [2.24, 2.45) is 0 Å². The Balaban J connectivity index is 1.30. The number of carbonyl (C=O) groups excluding carboxylic acids is 2. The van der Waals surface area contributed by atoms with Crippen LogP contribution in [-0.4, -0.2) is 28.6 Å². The maximum Gasteiger partial charge on any atom is 0.349 e. The van der Waals surface area contributed by atoms with E-state index in [0.29, 0.717) is 34.1 Å². The second-order valence-electron chi connectivity index (χ2n) is 6.25. The van der Waals surface area contributed by atoms with Crippen LogP contribution in [0, 0.1) is 0 Å². The number of aromatic nitrogens is 2. The van der Waals surface area contributed by atoms with Crippen molar-refractivity contribution < 1.29 is 23.5 Å². The first-order valence-electron chi connectivity index (χ1n) is 9.09. The Morgan fingerprint density at radius 3 is 2.13 bits per heavy atom. The molecule has 0 saturated carbocycles. The molecule has 30 heavy (non-hydrogen) atoms. The SMILES string of the molecule is O=C(COc1ccc(C(=O)c2ccccc2)cc1)Oc1ccc(-c2nnco2)cc1. The molecule has 0 saturated heterocycles. The zero-order valence-electron chi connectivity index (χ0n) is 15.7. The molecule has 0 bridgehead atoms. The second kappa shape index (κ2) is 8.83. The van der Waals surface area contributed by atoms with E-state index in [0.717, 1.165) is 0 Å². The van der Waals surface area contributed by atoms with Crippen LogP contribution in [0.15, 0.2) is 89.7 Å². The average molecular weight is 400 g/mol. The van der Waals surface area contributed by atoms with Crippen LogP contribution in [-0.2, 0) is 4.79 Å². The molecule has 0 aliphatic carbocycles. The highest BCUT2D eigenvalue weighted by atomic mass is 16.6. The molecule has 7 nitrogen and oxygen atoms in total. The number of benzene rings is 3. The number of hydrogen-bond donors (Lipinski definition) is 0. The van der Waals surface area contributed by atoms with Gasteiger partial charge in [0.05, 0.1) is 0 Å². The molecule has 0 amide bonds. The van der Waals surface area contributed by atoms with Crippen molar-refractivity contribution >= 4 is 11.8 Å². The van der Waals surface area contributed by atoms with E-state index in [1.807, 2.05) is 18.2 Å². The van der Waals surface area contributed by atoms with Crippen LogP contribution in [0.3, 0.4) is 0 Å². The number of esters is 1. The van der Waals surface area contributed by atoms with Crippen molar-refractivity contribution in [3.05, 3.63) is 96.4 Å². The fraction of sp³-hybridized carbons (Fsp3) is 0.0435. The van der Waals surface area contributed by atoms with Crippen molar-refractivity contribution in [3.63, 3.8) is 0 Å². The molecule has 0 radical (unpaired) electrons. The Morgan fingerprint density at radius 1 is 0.800 bits per heavy atom. The van der Waals surface area contributed by atoms with E-state index < -0.39 is 5.97 Å². The van der Waals surface area contributed by atoms with Crippen LogP contribution < -0.4 is 9.47 Å². The summed E-state index contributed by atoms with van der Waals surface area (Å²) in [6.45, 7) is -0.266. The molecule has 148 valence electrons. The third-order valence-electron chi connectivity index (χ3n) is 4.20. The molecule has 0 spiro atoms. The quantitative estimate of drug-likeness (QED) is 0.263. The van der Waals surface area contributed by atoms with Gasteiger partial charge in [-0.25, -0.2) is 4.79 Å². The zero-order chi connectivity index (χ0) is 20.8. The normalized spacial score (nSPS) is 10.4. The van der Waals surface area contributed by atoms with Gasteiger partial charge in [-0.05, 0) is 48.5 Å². The Morgan fingerprint density at radius 2 is 1.47 bits per heavy atom.